The summed E-state index contributed by atoms with van der Waals surface area (Å²) in [5.41, 5.74) is 2.65. The van der Waals surface area contributed by atoms with Crippen molar-refractivity contribution in [3.05, 3.63) is 100 Å². The highest BCUT2D eigenvalue weighted by Gasteiger charge is 2.16. The Morgan fingerprint density at radius 3 is 2.70 bits per heavy atom. The monoisotopic (exact) mass is 441 g/mol. The van der Waals surface area contributed by atoms with Gasteiger partial charge in [0.1, 0.15) is 11.5 Å². The van der Waals surface area contributed by atoms with Crippen LogP contribution in [-0.4, -0.2) is 32.3 Å². The molecule has 1 atom stereocenters. The van der Waals surface area contributed by atoms with Gasteiger partial charge in [0.25, 0.3) is 11.5 Å². The lowest BCUT2D eigenvalue weighted by molar-refractivity contribution is 0.0951. The average molecular weight is 441 g/mol. The topological polar surface area (TPSA) is 92.2 Å². The van der Waals surface area contributed by atoms with Crippen molar-refractivity contribution >= 4 is 22.5 Å². The van der Waals surface area contributed by atoms with E-state index in [0.29, 0.717) is 34.3 Å². The van der Waals surface area contributed by atoms with Gasteiger partial charge >= 0.3 is 0 Å². The molecule has 7 nitrogen and oxygen atoms in total. The third-order valence-corrected chi connectivity index (χ3v) is 5.66. The minimum Gasteiger partial charge on any atom is -0.351 e. The summed E-state index contributed by atoms with van der Waals surface area (Å²) in [5.74, 6) is -0.515. The molecule has 0 aliphatic rings. The minimum atomic E-state index is -0.450. The number of nitrogens with one attached hydrogen (secondary N) is 2. The molecule has 2 heterocycles. The summed E-state index contributed by atoms with van der Waals surface area (Å²) in [6.45, 7) is 2.52. The van der Waals surface area contributed by atoms with Crippen molar-refractivity contribution in [2.75, 3.05) is 6.54 Å². The van der Waals surface area contributed by atoms with Crippen LogP contribution in [0.15, 0.2) is 77.6 Å². The zero-order valence-electron chi connectivity index (χ0n) is 17.7. The molecule has 2 aromatic heterocycles. The number of hydrogen-bond donors (Lipinski definition) is 2. The number of carbonyl (C=O) groups excluding carboxylic acids is 1. The van der Waals surface area contributed by atoms with E-state index in [-0.39, 0.29) is 17.5 Å². The highest BCUT2D eigenvalue weighted by Crippen LogP contribution is 2.23. The fraction of sp³-hybridized carbons (Fsp3) is 0.120. The maximum atomic E-state index is 13.7. The molecule has 5 aromatic rings. The van der Waals surface area contributed by atoms with Crippen molar-refractivity contribution in [1.82, 2.24) is 25.1 Å². The average Bonchev–Trinajstić information content (AvgIpc) is 3.26. The number of amides is 1. The lowest BCUT2D eigenvalue weighted by Gasteiger charge is -2.13. The van der Waals surface area contributed by atoms with Gasteiger partial charge in [0.15, 0.2) is 5.65 Å². The van der Waals surface area contributed by atoms with Crippen LogP contribution in [-0.2, 0) is 0 Å². The van der Waals surface area contributed by atoms with Crippen molar-refractivity contribution < 1.29 is 9.18 Å². The molecule has 0 aliphatic carbocycles. The molecule has 0 saturated carbocycles. The van der Waals surface area contributed by atoms with Gasteiger partial charge in [-0.3, -0.25) is 9.59 Å². The Balaban J connectivity index is 1.49. The number of nitrogens with zero attached hydrogens (tertiary/aromatic N) is 3. The summed E-state index contributed by atoms with van der Waals surface area (Å²) in [5, 5.41) is 10.4. The van der Waals surface area contributed by atoms with E-state index in [2.05, 4.69) is 20.6 Å². The third kappa shape index (κ3) is 3.87. The first-order valence-electron chi connectivity index (χ1n) is 10.5. The number of carbonyl (C=O) groups is 1. The van der Waals surface area contributed by atoms with Gasteiger partial charge in [-0.1, -0.05) is 49.4 Å². The lowest BCUT2D eigenvalue weighted by Crippen LogP contribution is -2.27. The molecule has 5 rings (SSSR count). The predicted molar refractivity (Wildman–Crippen MR) is 124 cm³/mol. The molecule has 0 aliphatic heterocycles. The van der Waals surface area contributed by atoms with Crippen LogP contribution in [0.25, 0.3) is 27.8 Å². The third-order valence-electron chi connectivity index (χ3n) is 5.66. The second-order valence-electron chi connectivity index (χ2n) is 7.90. The second-order valence-corrected chi connectivity index (χ2v) is 7.90. The summed E-state index contributed by atoms with van der Waals surface area (Å²) < 4.78 is 15.2. The number of aromatic amines is 1. The zero-order valence-corrected chi connectivity index (χ0v) is 17.7. The van der Waals surface area contributed by atoms with Gasteiger partial charge in [-0.25, -0.2) is 14.1 Å². The quantitative estimate of drug-likeness (QED) is 0.433. The van der Waals surface area contributed by atoms with Gasteiger partial charge in [-0.05, 0) is 41.8 Å². The Labute approximate surface area is 187 Å². The van der Waals surface area contributed by atoms with Gasteiger partial charge in [0.05, 0.1) is 10.9 Å². The van der Waals surface area contributed by atoms with E-state index in [9.17, 15) is 14.0 Å². The second kappa shape index (κ2) is 8.31. The number of halogens is 1. The SMILES string of the molecule is CC(CNC(=O)c1ccc2c(=O)nc3c(-c4cccc(F)c4)n[nH]n3c2c1)c1ccccc1. The molecule has 164 valence electrons. The summed E-state index contributed by atoms with van der Waals surface area (Å²) in [4.78, 5) is 29.6. The smallest absolute Gasteiger partial charge is 0.281 e. The van der Waals surface area contributed by atoms with E-state index in [1.54, 1.807) is 30.3 Å². The zero-order chi connectivity index (χ0) is 22.9. The van der Waals surface area contributed by atoms with Gasteiger partial charge in [0, 0.05) is 17.7 Å². The van der Waals surface area contributed by atoms with Crippen LogP contribution in [0.5, 0.6) is 0 Å². The van der Waals surface area contributed by atoms with Crippen molar-refractivity contribution in [3.8, 4) is 11.3 Å². The van der Waals surface area contributed by atoms with Crippen molar-refractivity contribution in [3.63, 3.8) is 0 Å². The van der Waals surface area contributed by atoms with Crippen molar-refractivity contribution in [1.29, 1.82) is 0 Å². The Kier molecular flexibility index (Phi) is 5.18. The van der Waals surface area contributed by atoms with Gasteiger partial charge in [-0.15, -0.1) is 0 Å². The molecule has 1 amide bonds. The Morgan fingerprint density at radius 2 is 1.91 bits per heavy atom. The molecule has 0 saturated heterocycles. The van der Waals surface area contributed by atoms with Gasteiger partial charge < -0.3 is 5.32 Å². The Hall–Kier alpha value is -4.33. The van der Waals surface area contributed by atoms with Crippen molar-refractivity contribution in [2.24, 2.45) is 0 Å². The molecule has 0 fully saturated rings. The molecule has 0 spiro atoms. The fourth-order valence-corrected chi connectivity index (χ4v) is 3.85. The van der Waals surface area contributed by atoms with E-state index < -0.39 is 11.4 Å². The van der Waals surface area contributed by atoms with Crippen molar-refractivity contribution in [2.45, 2.75) is 12.8 Å². The number of fused-ring (bicyclic) bond motifs is 3. The first-order chi connectivity index (χ1) is 16.0. The van der Waals surface area contributed by atoms with Crippen LogP contribution < -0.4 is 10.9 Å². The first kappa shape index (κ1) is 20.6. The molecule has 8 heteroatoms. The molecule has 0 radical (unpaired) electrons. The van der Waals surface area contributed by atoms with Gasteiger partial charge in [0.2, 0.25) is 0 Å². The Morgan fingerprint density at radius 1 is 1.09 bits per heavy atom. The number of aromatic nitrogens is 4. The summed E-state index contributed by atoms with van der Waals surface area (Å²) in [7, 11) is 0. The lowest BCUT2D eigenvalue weighted by atomic mass is 10.0. The van der Waals surface area contributed by atoms with Crippen LogP contribution in [0.2, 0.25) is 0 Å². The van der Waals surface area contributed by atoms with E-state index in [1.165, 1.54) is 16.6 Å². The summed E-state index contributed by atoms with van der Waals surface area (Å²) in [6.07, 6.45) is 0. The number of rotatable bonds is 5. The van der Waals surface area contributed by atoms with Gasteiger partial charge in [-0.2, -0.15) is 10.1 Å². The maximum absolute atomic E-state index is 13.7. The molecule has 2 N–H and O–H groups in total. The highest BCUT2D eigenvalue weighted by atomic mass is 19.1. The van der Waals surface area contributed by atoms with Crippen LogP contribution in [0.4, 0.5) is 4.39 Å². The molecule has 0 bridgehead atoms. The van der Waals surface area contributed by atoms with E-state index in [0.717, 1.165) is 5.56 Å². The summed E-state index contributed by atoms with van der Waals surface area (Å²) in [6, 6.07) is 20.7. The first-order valence-corrected chi connectivity index (χ1v) is 10.5. The van der Waals surface area contributed by atoms with Crippen LogP contribution in [0.3, 0.4) is 0 Å². The van der Waals surface area contributed by atoms with Crippen LogP contribution in [0, 0.1) is 5.82 Å². The van der Waals surface area contributed by atoms with E-state index in [1.807, 2.05) is 37.3 Å². The van der Waals surface area contributed by atoms with Crippen LogP contribution >= 0.6 is 0 Å². The number of hydrogen-bond acceptors (Lipinski definition) is 4. The van der Waals surface area contributed by atoms with E-state index >= 15 is 0 Å². The molecular formula is C25H20FN5O2. The molecule has 1 unspecified atom stereocenters. The molecular weight excluding hydrogens is 421 g/mol. The van der Waals surface area contributed by atoms with E-state index in [4.69, 9.17) is 0 Å². The molecule has 3 aromatic carbocycles. The standard InChI is InChI=1S/C25H20FN5O2/c1-15(16-6-3-2-4-7-16)14-27-24(32)18-10-11-20-21(13-18)31-23(28-25(20)33)22(29-30-31)17-8-5-9-19(26)12-17/h2-13,15,30H,14H2,1H3,(H,27,32). The molecule has 33 heavy (non-hydrogen) atoms. The summed E-state index contributed by atoms with van der Waals surface area (Å²) >= 11 is 0. The minimum absolute atomic E-state index is 0.149. The predicted octanol–water partition coefficient (Wildman–Crippen LogP) is 3.91. The fourth-order valence-electron chi connectivity index (χ4n) is 3.85. The maximum Gasteiger partial charge on any atom is 0.281 e. The normalized spacial score (nSPS) is 12.2. The van der Waals surface area contributed by atoms with Crippen LogP contribution in [0.1, 0.15) is 28.8 Å². The number of benzene rings is 3. The largest absolute Gasteiger partial charge is 0.351 e. The highest BCUT2D eigenvalue weighted by molar-refractivity contribution is 5.98. The number of H-pyrrole nitrogens is 1. The Bertz CT molecular complexity index is 1540.